The summed E-state index contributed by atoms with van der Waals surface area (Å²) in [5.74, 6) is 0.125. The lowest BCUT2D eigenvalue weighted by molar-refractivity contribution is 0.411. The highest BCUT2D eigenvalue weighted by Gasteiger charge is 2.20. The maximum atomic E-state index is 12.9. The average molecular weight is 327 g/mol. The van der Waals surface area contributed by atoms with Gasteiger partial charge in [-0.1, -0.05) is 12.1 Å². The van der Waals surface area contributed by atoms with Crippen molar-refractivity contribution in [3.63, 3.8) is 0 Å². The Morgan fingerprint density at radius 1 is 1.17 bits per heavy atom. The summed E-state index contributed by atoms with van der Waals surface area (Å²) >= 11 is 0. The Kier molecular flexibility index (Phi) is 2.06. The van der Waals surface area contributed by atoms with Gasteiger partial charge in [-0.25, -0.2) is 0 Å². The number of nitrogens with zero attached hydrogens (tertiary/aromatic N) is 2. The van der Waals surface area contributed by atoms with Gasteiger partial charge in [0.05, 0.1) is 33.4 Å². The van der Waals surface area contributed by atoms with Gasteiger partial charge in [0.25, 0.3) is 5.56 Å². The Labute approximate surface area is 146 Å². The summed E-state index contributed by atoms with van der Waals surface area (Å²) in [4.78, 5) is 15.9. The quantitative estimate of drug-likeness (QED) is 0.628. The van der Waals surface area contributed by atoms with Crippen molar-refractivity contribution in [1.29, 1.82) is 0 Å². The summed E-state index contributed by atoms with van der Waals surface area (Å²) in [5, 5.41) is 4.94. The van der Waals surface area contributed by atoms with E-state index in [1.165, 1.54) is 30.5 Å². The van der Waals surface area contributed by atoms with Gasteiger partial charge in [-0.2, -0.15) is 9.78 Å². The fraction of sp³-hybridized carbons (Fsp3) is 0.111. The van der Waals surface area contributed by atoms with Crippen LogP contribution in [0.4, 0.5) is 0 Å². The molecule has 1 N–H and O–H groups in total. The fourth-order valence-corrected chi connectivity index (χ4v) is 2.69. The Morgan fingerprint density at radius 2 is 2.04 bits per heavy atom. The highest BCUT2D eigenvalue weighted by molar-refractivity contribution is 5.94. The zero-order chi connectivity index (χ0) is 21.7. The lowest BCUT2D eigenvalue weighted by atomic mass is 10.1. The number of aromatic nitrogens is 3. The van der Waals surface area contributed by atoms with Crippen molar-refractivity contribution in [3.05, 3.63) is 59.0 Å². The molecule has 0 fully saturated rings. The molecular formula is C18H15N3O3. The van der Waals surface area contributed by atoms with Gasteiger partial charge in [0.1, 0.15) is 22.9 Å². The van der Waals surface area contributed by atoms with E-state index in [9.17, 15) is 4.79 Å². The number of nitrogens with one attached hydrogen (secondary N) is 1. The SMILES string of the molecule is [2H]C([2H])([2H])Oc1ccc2c3nn(-c4ccccc4OC([2H])([2H])[2H])c(=O)c-3c[nH]c2c1. The van der Waals surface area contributed by atoms with Crippen molar-refractivity contribution >= 4 is 10.9 Å². The molecule has 120 valence electrons. The van der Waals surface area contributed by atoms with Gasteiger partial charge in [-0.3, -0.25) is 4.79 Å². The first-order valence-corrected chi connectivity index (χ1v) is 7.03. The second-order valence-corrected chi connectivity index (χ2v) is 5.15. The minimum Gasteiger partial charge on any atom is -0.497 e. The van der Waals surface area contributed by atoms with E-state index in [0.717, 1.165) is 4.68 Å². The van der Waals surface area contributed by atoms with Crippen LogP contribution in [-0.4, -0.2) is 28.8 Å². The number of H-pyrrole nitrogens is 1. The molecule has 4 rings (SSSR count). The zero-order valence-corrected chi connectivity index (χ0v) is 12.2. The standard InChI is InChI=1S/C18H15N3O3/c1-23-11-7-8-12-14(9-11)19-10-13-17(12)20-21(18(13)22)15-5-3-4-6-16(15)24-2/h3-10,19H,1-2H3/i1D3,2D3. The van der Waals surface area contributed by atoms with Crippen LogP contribution in [0.1, 0.15) is 8.22 Å². The first kappa shape index (κ1) is 9.12. The molecule has 6 nitrogen and oxygen atoms in total. The minimum atomic E-state index is -2.69. The monoisotopic (exact) mass is 327 g/mol. The molecule has 2 heterocycles. The topological polar surface area (TPSA) is 69.1 Å². The van der Waals surface area contributed by atoms with Crippen LogP contribution < -0.4 is 15.0 Å². The Morgan fingerprint density at radius 3 is 2.92 bits per heavy atom. The summed E-state index contributed by atoms with van der Waals surface area (Å²) in [6.45, 7) is 0. The third-order valence-corrected chi connectivity index (χ3v) is 3.82. The van der Waals surface area contributed by atoms with Crippen molar-refractivity contribution in [2.24, 2.45) is 0 Å². The third-order valence-electron chi connectivity index (χ3n) is 3.82. The van der Waals surface area contributed by atoms with E-state index in [1.54, 1.807) is 18.2 Å². The van der Waals surface area contributed by atoms with Gasteiger partial charge >= 0.3 is 0 Å². The van der Waals surface area contributed by atoms with Gasteiger partial charge in [0, 0.05) is 17.6 Å². The van der Waals surface area contributed by atoms with E-state index in [2.05, 4.69) is 10.1 Å². The lowest BCUT2D eigenvalue weighted by Crippen LogP contribution is -2.15. The van der Waals surface area contributed by atoms with E-state index in [1.807, 2.05) is 0 Å². The molecule has 0 spiro atoms. The van der Waals surface area contributed by atoms with Crippen molar-refractivity contribution in [2.45, 2.75) is 0 Å². The van der Waals surface area contributed by atoms with Crippen LogP contribution in [0.2, 0.25) is 0 Å². The van der Waals surface area contributed by atoms with Gasteiger partial charge in [-0.15, -0.1) is 0 Å². The molecule has 0 unspecified atom stereocenters. The molecule has 0 aliphatic carbocycles. The predicted octanol–water partition coefficient (Wildman–Crippen LogP) is 2.84. The van der Waals surface area contributed by atoms with E-state index in [4.69, 9.17) is 17.7 Å². The fourth-order valence-electron chi connectivity index (χ4n) is 2.69. The van der Waals surface area contributed by atoms with Gasteiger partial charge < -0.3 is 14.5 Å². The van der Waals surface area contributed by atoms with Gasteiger partial charge in [-0.05, 0) is 24.3 Å². The summed E-state index contributed by atoms with van der Waals surface area (Å²) in [7, 11) is -5.28. The van der Waals surface area contributed by atoms with Gasteiger partial charge in [0.2, 0.25) is 0 Å². The predicted molar refractivity (Wildman–Crippen MR) is 91.4 cm³/mol. The molecule has 2 aromatic carbocycles. The number of ether oxygens (including phenoxy) is 2. The number of rotatable bonds is 3. The molecule has 0 saturated heterocycles. The molecule has 2 aliphatic heterocycles. The molecule has 0 atom stereocenters. The van der Waals surface area contributed by atoms with Crippen LogP contribution >= 0.6 is 0 Å². The van der Waals surface area contributed by atoms with E-state index in [-0.39, 0.29) is 22.7 Å². The van der Waals surface area contributed by atoms with E-state index in [0.29, 0.717) is 16.6 Å². The first-order valence-electron chi connectivity index (χ1n) is 10.0. The molecular weight excluding hydrogens is 306 g/mol. The van der Waals surface area contributed by atoms with Crippen LogP contribution in [0.25, 0.3) is 27.8 Å². The number of fused-ring (bicyclic) bond motifs is 3. The maximum Gasteiger partial charge on any atom is 0.282 e. The van der Waals surface area contributed by atoms with Crippen molar-refractivity contribution < 1.29 is 17.7 Å². The number of methoxy groups -OCH3 is 2. The summed E-state index contributed by atoms with van der Waals surface area (Å²) in [6.07, 6.45) is 1.45. The molecule has 0 amide bonds. The number of para-hydroxylation sites is 2. The van der Waals surface area contributed by atoms with Crippen LogP contribution in [0.5, 0.6) is 11.5 Å². The number of hydrogen-bond acceptors (Lipinski definition) is 4. The molecule has 2 aliphatic rings. The summed E-state index contributed by atoms with van der Waals surface area (Å²) < 4.78 is 54.6. The van der Waals surface area contributed by atoms with Crippen LogP contribution in [0.3, 0.4) is 0 Å². The molecule has 6 heteroatoms. The second-order valence-electron chi connectivity index (χ2n) is 5.15. The number of benzene rings is 2. The minimum absolute atomic E-state index is 0.0101. The summed E-state index contributed by atoms with van der Waals surface area (Å²) in [5.41, 5.74) is 0.868. The highest BCUT2D eigenvalue weighted by Crippen LogP contribution is 2.29. The van der Waals surface area contributed by atoms with E-state index >= 15 is 0 Å². The van der Waals surface area contributed by atoms with Crippen LogP contribution in [-0.2, 0) is 0 Å². The smallest absolute Gasteiger partial charge is 0.282 e. The Bertz CT molecular complexity index is 1260. The zero-order valence-electron chi connectivity index (χ0n) is 18.2. The van der Waals surface area contributed by atoms with Crippen LogP contribution in [0, 0.1) is 0 Å². The number of hydrogen-bond donors (Lipinski definition) is 1. The highest BCUT2D eigenvalue weighted by atomic mass is 16.5. The Hall–Kier alpha value is -3.28. The average Bonchev–Trinajstić information content (AvgIpc) is 2.96. The lowest BCUT2D eigenvalue weighted by Gasteiger charge is -2.06. The molecule has 0 bridgehead atoms. The molecule has 2 aromatic rings. The van der Waals surface area contributed by atoms with Crippen LogP contribution in [0.15, 0.2) is 53.5 Å². The van der Waals surface area contributed by atoms with E-state index < -0.39 is 19.6 Å². The molecule has 24 heavy (non-hydrogen) atoms. The van der Waals surface area contributed by atoms with Gasteiger partial charge in [0.15, 0.2) is 0 Å². The molecule has 0 aromatic heterocycles. The third kappa shape index (κ3) is 2.04. The number of pyridine rings is 1. The second kappa shape index (κ2) is 5.42. The van der Waals surface area contributed by atoms with Crippen molar-refractivity contribution in [1.82, 2.24) is 14.8 Å². The van der Waals surface area contributed by atoms with Crippen molar-refractivity contribution in [3.8, 4) is 28.4 Å². The molecule has 0 radical (unpaired) electrons. The first-order chi connectivity index (χ1) is 14.0. The largest absolute Gasteiger partial charge is 0.497 e. The Balaban J connectivity index is 1.87. The van der Waals surface area contributed by atoms with Crippen molar-refractivity contribution in [2.75, 3.05) is 14.1 Å². The summed E-state index contributed by atoms with van der Waals surface area (Å²) in [6, 6.07) is 10.8. The normalized spacial score (nSPS) is 15.8. The molecule has 0 saturated carbocycles. The maximum absolute atomic E-state index is 12.9. The number of aromatic amines is 1.